The van der Waals surface area contributed by atoms with Crippen LogP contribution in [0.15, 0.2) is 18.2 Å². The van der Waals surface area contributed by atoms with Crippen molar-refractivity contribution in [3.8, 4) is 5.75 Å². The fourth-order valence-corrected chi connectivity index (χ4v) is 4.70. The Morgan fingerprint density at radius 3 is 2.54 bits per heavy atom. The second-order valence-electron chi connectivity index (χ2n) is 10.8. The Labute approximate surface area is 233 Å². The number of anilines is 1. The topological polar surface area (TPSA) is 138 Å². The minimum absolute atomic E-state index is 0.0626. The number of hydrogen-bond donors (Lipinski definition) is 3. The quantitative estimate of drug-likeness (QED) is 0.458. The van der Waals surface area contributed by atoms with Crippen molar-refractivity contribution >= 4 is 27.6 Å². The normalized spacial score (nSPS) is 22.6. The Morgan fingerprint density at radius 1 is 1.23 bits per heavy atom. The number of ether oxygens (including phenoxy) is 2. The number of carbonyl (C=O) groups is 2. The van der Waals surface area contributed by atoms with Crippen LogP contribution in [0.4, 0.5) is 10.5 Å². The van der Waals surface area contributed by atoms with Gasteiger partial charge in [0.25, 0.3) is 5.91 Å². The SMILES string of the molecule is CC(C)NC(=O)Nc1ccc2c(c1)C(=O)N([C@H](C)CO)C[C@H](C)[C@@H](CN(C)S(C)(=O)=O)OCCCC[C@H](C)O2. The highest BCUT2D eigenvalue weighted by Crippen LogP contribution is 2.28. The predicted molar refractivity (Wildman–Crippen MR) is 152 cm³/mol. The van der Waals surface area contributed by atoms with E-state index in [2.05, 4.69) is 10.6 Å². The summed E-state index contributed by atoms with van der Waals surface area (Å²) in [6.07, 6.45) is 2.84. The summed E-state index contributed by atoms with van der Waals surface area (Å²) in [5.41, 5.74) is 0.692. The number of sulfonamides is 1. The van der Waals surface area contributed by atoms with E-state index < -0.39 is 28.2 Å². The van der Waals surface area contributed by atoms with Crippen LogP contribution in [0.3, 0.4) is 0 Å². The molecule has 0 saturated heterocycles. The van der Waals surface area contributed by atoms with E-state index in [1.165, 1.54) is 11.4 Å². The molecule has 0 aliphatic carbocycles. The Kier molecular flexibility index (Phi) is 12.5. The van der Waals surface area contributed by atoms with Crippen LogP contribution < -0.4 is 15.4 Å². The summed E-state index contributed by atoms with van der Waals surface area (Å²) in [6, 6.07) is 3.97. The fraction of sp³-hybridized carbons (Fsp3) is 0.704. The van der Waals surface area contributed by atoms with Crippen molar-refractivity contribution in [3.63, 3.8) is 0 Å². The maximum Gasteiger partial charge on any atom is 0.319 e. The lowest BCUT2D eigenvalue weighted by Gasteiger charge is -2.35. The number of benzene rings is 1. The molecule has 0 saturated carbocycles. The molecule has 11 nitrogen and oxygen atoms in total. The molecule has 222 valence electrons. The third-order valence-electron chi connectivity index (χ3n) is 6.73. The van der Waals surface area contributed by atoms with Crippen molar-refractivity contribution in [2.75, 3.05) is 44.9 Å². The smallest absolute Gasteiger partial charge is 0.319 e. The van der Waals surface area contributed by atoms with E-state index in [1.807, 2.05) is 27.7 Å². The van der Waals surface area contributed by atoms with E-state index in [9.17, 15) is 23.1 Å². The molecule has 2 rings (SSSR count). The molecule has 0 fully saturated rings. The Balaban J connectivity index is 2.49. The summed E-state index contributed by atoms with van der Waals surface area (Å²) in [5, 5.41) is 15.5. The zero-order valence-electron chi connectivity index (χ0n) is 24.3. The molecular weight excluding hydrogens is 524 g/mol. The van der Waals surface area contributed by atoms with E-state index in [0.717, 1.165) is 25.5 Å². The summed E-state index contributed by atoms with van der Waals surface area (Å²) in [5.74, 6) is -0.228. The standard InChI is InChI=1S/C27H46N4O7S/c1-18(2)28-27(34)29-22-11-12-24-23(14-22)26(33)31(20(4)17-32)15-19(3)25(16-30(6)39(7,35)36)37-13-9-8-10-21(5)38-24/h11-12,14,18-21,25,32H,8-10,13,15-17H2,1-7H3,(H2,28,29,34)/t19-,20+,21-,25+/m0/s1. The average Bonchev–Trinajstić information content (AvgIpc) is 2.84. The van der Waals surface area contributed by atoms with Crippen LogP contribution >= 0.6 is 0 Å². The van der Waals surface area contributed by atoms with E-state index in [4.69, 9.17) is 9.47 Å². The van der Waals surface area contributed by atoms with Gasteiger partial charge < -0.3 is 30.1 Å². The zero-order chi connectivity index (χ0) is 29.3. The number of aliphatic hydroxyl groups excluding tert-OH is 1. The van der Waals surface area contributed by atoms with Crippen LogP contribution in [-0.4, -0.2) is 98.6 Å². The number of hydrogen-bond acceptors (Lipinski definition) is 7. The minimum atomic E-state index is -3.43. The number of urea groups is 1. The zero-order valence-corrected chi connectivity index (χ0v) is 25.1. The Bertz CT molecular complexity index is 1070. The lowest BCUT2D eigenvalue weighted by Crippen LogP contribution is -2.48. The molecule has 0 bridgehead atoms. The molecule has 0 radical (unpaired) electrons. The number of amides is 3. The van der Waals surface area contributed by atoms with E-state index >= 15 is 0 Å². The first kappa shape index (κ1) is 32.8. The number of nitrogens with zero attached hydrogens (tertiary/aromatic N) is 2. The highest BCUT2D eigenvalue weighted by atomic mass is 32.2. The van der Waals surface area contributed by atoms with Gasteiger partial charge in [-0.1, -0.05) is 6.92 Å². The molecule has 1 aliphatic rings. The summed E-state index contributed by atoms with van der Waals surface area (Å²) < 4.78 is 37.8. The molecule has 1 aliphatic heterocycles. The summed E-state index contributed by atoms with van der Waals surface area (Å²) in [6.45, 7) is 9.82. The number of nitrogens with one attached hydrogen (secondary N) is 2. The third kappa shape index (κ3) is 10.3. The number of rotatable bonds is 7. The van der Waals surface area contributed by atoms with Crippen molar-refractivity contribution in [1.29, 1.82) is 0 Å². The van der Waals surface area contributed by atoms with Gasteiger partial charge in [-0.2, -0.15) is 0 Å². The summed E-state index contributed by atoms with van der Waals surface area (Å²) in [4.78, 5) is 27.9. The van der Waals surface area contributed by atoms with Gasteiger partial charge >= 0.3 is 6.03 Å². The predicted octanol–water partition coefficient (Wildman–Crippen LogP) is 2.90. The van der Waals surface area contributed by atoms with E-state index in [-0.39, 0.29) is 49.2 Å². The van der Waals surface area contributed by atoms with E-state index in [0.29, 0.717) is 18.0 Å². The molecule has 1 heterocycles. The van der Waals surface area contributed by atoms with E-state index in [1.54, 1.807) is 30.0 Å². The van der Waals surface area contributed by atoms with Crippen LogP contribution in [0.25, 0.3) is 0 Å². The van der Waals surface area contributed by atoms with Crippen molar-refractivity contribution in [2.45, 2.75) is 78.2 Å². The molecule has 1 aromatic carbocycles. The van der Waals surface area contributed by atoms with Gasteiger partial charge in [-0.25, -0.2) is 17.5 Å². The van der Waals surface area contributed by atoms with Crippen LogP contribution in [0.2, 0.25) is 0 Å². The van der Waals surface area contributed by atoms with Crippen molar-refractivity contribution in [3.05, 3.63) is 23.8 Å². The largest absolute Gasteiger partial charge is 0.490 e. The monoisotopic (exact) mass is 570 g/mol. The van der Waals surface area contributed by atoms with Gasteiger partial charge in [0.2, 0.25) is 10.0 Å². The lowest BCUT2D eigenvalue weighted by atomic mass is 10.0. The molecule has 0 spiro atoms. The summed E-state index contributed by atoms with van der Waals surface area (Å²) in [7, 11) is -1.92. The first-order chi connectivity index (χ1) is 18.2. The van der Waals surface area contributed by atoms with Gasteiger partial charge in [-0.3, -0.25) is 4.79 Å². The molecule has 0 aromatic heterocycles. The molecule has 1 aromatic rings. The van der Waals surface area contributed by atoms with Gasteiger partial charge in [0.05, 0.1) is 36.7 Å². The molecule has 39 heavy (non-hydrogen) atoms. The molecule has 3 amide bonds. The average molecular weight is 571 g/mol. The second kappa shape index (κ2) is 14.8. The molecular formula is C27H46N4O7S. The maximum atomic E-state index is 14.0. The van der Waals surface area contributed by atoms with Gasteiger partial charge in [0.1, 0.15) is 5.75 Å². The highest BCUT2D eigenvalue weighted by molar-refractivity contribution is 7.88. The van der Waals surface area contributed by atoms with Crippen molar-refractivity contribution in [2.24, 2.45) is 5.92 Å². The number of fused-ring (bicyclic) bond motifs is 1. The van der Waals surface area contributed by atoms with Gasteiger partial charge in [0.15, 0.2) is 0 Å². The first-order valence-electron chi connectivity index (χ1n) is 13.6. The molecule has 4 atom stereocenters. The van der Waals surface area contributed by atoms with Crippen LogP contribution in [0, 0.1) is 5.92 Å². The van der Waals surface area contributed by atoms with Crippen LogP contribution in [0.5, 0.6) is 5.75 Å². The third-order valence-corrected chi connectivity index (χ3v) is 8.01. The van der Waals surface area contributed by atoms with Gasteiger partial charge in [0, 0.05) is 44.4 Å². The fourth-order valence-electron chi connectivity index (χ4n) is 4.28. The number of carbonyl (C=O) groups excluding carboxylic acids is 2. The molecule has 0 unspecified atom stereocenters. The lowest BCUT2D eigenvalue weighted by molar-refractivity contribution is -0.00828. The van der Waals surface area contributed by atoms with Crippen molar-refractivity contribution < 1.29 is 32.6 Å². The minimum Gasteiger partial charge on any atom is -0.490 e. The Morgan fingerprint density at radius 2 is 1.92 bits per heavy atom. The molecule has 12 heteroatoms. The van der Waals surface area contributed by atoms with Gasteiger partial charge in [-0.15, -0.1) is 0 Å². The summed E-state index contributed by atoms with van der Waals surface area (Å²) >= 11 is 0. The molecule has 3 N–H and O–H groups in total. The second-order valence-corrected chi connectivity index (χ2v) is 12.9. The highest BCUT2D eigenvalue weighted by Gasteiger charge is 2.31. The van der Waals surface area contributed by atoms with Crippen molar-refractivity contribution in [1.82, 2.24) is 14.5 Å². The number of likely N-dealkylation sites (N-methyl/N-ethyl adjacent to an activating group) is 1. The van der Waals surface area contributed by atoms with Gasteiger partial charge in [-0.05, 0) is 65.2 Å². The Hall–Kier alpha value is -2.41. The number of aliphatic hydroxyl groups is 1. The van der Waals surface area contributed by atoms with Crippen LogP contribution in [0.1, 0.15) is 64.2 Å². The maximum absolute atomic E-state index is 14.0. The first-order valence-corrected chi connectivity index (χ1v) is 15.4. The van der Waals surface area contributed by atoms with Crippen LogP contribution in [-0.2, 0) is 14.8 Å².